The molecule has 1 aliphatic rings. The molecular formula is C21H28N4O5. The van der Waals surface area contributed by atoms with E-state index in [0.29, 0.717) is 32.4 Å². The third-order valence-electron chi connectivity index (χ3n) is 5.66. The second kappa shape index (κ2) is 9.27. The number of benzene rings is 1. The number of carboxylic acids is 1. The second-order valence-electron chi connectivity index (χ2n) is 7.83. The van der Waals surface area contributed by atoms with Gasteiger partial charge < -0.3 is 31.1 Å². The van der Waals surface area contributed by atoms with Crippen molar-refractivity contribution in [1.82, 2.24) is 15.2 Å². The van der Waals surface area contributed by atoms with Crippen LogP contribution in [0.25, 0.3) is 10.9 Å². The number of carbonyl (C=O) groups excluding carboxylic acids is 2. The molecule has 1 aliphatic heterocycles. The molecule has 1 aromatic heterocycles. The fourth-order valence-corrected chi connectivity index (χ4v) is 3.88. The number of piperidine rings is 1. The summed E-state index contributed by atoms with van der Waals surface area (Å²) in [6.45, 7) is 2.07. The fraction of sp³-hybridized carbons (Fsp3) is 0.476. The number of para-hydroxylation sites is 1. The number of aliphatic hydroxyl groups is 1. The molecule has 0 aliphatic carbocycles. The maximum atomic E-state index is 12.8. The molecule has 0 saturated carbocycles. The van der Waals surface area contributed by atoms with E-state index >= 15 is 0 Å². The van der Waals surface area contributed by atoms with Gasteiger partial charge in [-0.15, -0.1) is 0 Å². The van der Waals surface area contributed by atoms with Gasteiger partial charge in [0.15, 0.2) is 6.04 Å². The monoisotopic (exact) mass is 416 g/mol. The van der Waals surface area contributed by atoms with Crippen molar-refractivity contribution in [2.75, 3.05) is 13.1 Å². The number of aliphatic hydroxyl groups excluding tert-OH is 1. The van der Waals surface area contributed by atoms with Crippen molar-refractivity contribution in [3.05, 3.63) is 36.0 Å². The van der Waals surface area contributed by atoms with Crippen LogP contribution in [0.5, 0.6) is 0 Å². The summed E-state index contributed by atoms with van der Waals surface area (Å²) in [5, 5.41) is 22.0. The first-order valence-electron chi connectivity index (χ1n) is 10.1. The third kappa shape index (κ3) is 4.80. The number of nitrogens with zero attached hydrogens (tertiary/aromatic N) is 1. The summed E-state index contributed by atoms with van der Waals surface area (Å²) in [6, 6.07) is 5.81. The van der Waals surface area contributed by atoms with Crippen molar-refractivity contribution in [3.63, 3.8) is 0 Å². The van der Waals surface area contributed by atoms with E-state index in [-0.39, 0.29) is 5.91 Å². The van der Waals surface area contributed by atoms with Crippen molar-refractivity contribution in [2.24, 2.45) is 11.7 Å². The van der Waals surface area contributed by atoms with Gasteiger partial charge in [-0.3, -0.25) is 9.59 Å². The molecule has 0 spiro atoms. The molecule has 162 valence electrons. The van der Waals surface area contributed by atoms with Gasteiger partial charge in [0, 0.05) is 36.1 Å². The SMILES string of the molecule is C[C@H](O)[C@@H](NC(=O)C1CCN(C(=O)[C@@H](N)Cc2c[nH]c3ccccc23)CC1)C(=O)O. The lowest BCUT2D eigenvalue weighted by Crippen LogP contribution is -2.52. The average Bonchev–Trinajstić information content (AvgIpc) is 3.13. The lowest BCUT2D eigenvalue weighted by molar-refractivity contribution is -0.146. The average molecular weight is 416 g/mol. The number of H-pyrrole nitrogens is 1. The molecule has 3 rings (SSSR count). The number of likely N-dealkylation sites (tertiary alicyclic amines) is 1. The van der Waals surface area contributed by atoms with E-state index in [1.807, 2.05) is 30.5 Å². The number of amides is 2. The van der Waals surface area contributed by atoms with Crippen LogP contribution in [0.3, 0.4) is 0 Å². The van der Waals surface area contributed by atoms with Crippen molar-refractivity contribution in [2.45, 2.75) is 44.4 Å². The molecule has 0 unspecified atom stereocenters. The Morgan fingerprint density at radius 3 is 2.57 bits per heavy atom. The van der Waals surface area contributed by atoms with Crippen LogP contribution in [0.1, 0.15) is 25.3 Å². The number of carboxylic acid groups (broad SMARTS) is 1. The number of hydrogen-bond acceptors (Lipinski definition) is 5. The number of aromatic nitrogens is 1. The quantitative estimate of drug-likeness (QED) is 0.436. The zero-order valence-electron chi connectivity index (χ0n) is 16.9. The lowest BCUT2D eigenvalue weighted by atomic mass is 9.94. The van der Waals surface area contributed by atoms with E-state index in [1.165, 1.54) is 6.92 Å². The number of carbonyl (C=O) groups is 3. The molecule has 9 heteroatoms. The highest BCUT2D eigenvalue weighted by Gasteiger charge is 2.33. The summed E-state index contributed by atoms with van der Waals surface area (Å²) in [5.74, 6) is -2.27. The van der Waals surface area contributed by atoms with Gasteiger partial charge in [0.1, 0.15) is 0 Å². The largest absolute Gasteiger partial charge is 0.480 e. The summed E-state index contributed by atoms with van der Waals surface area (Å²) in [6.07, 6.45) is 1.93. The van der Waals surface area contributed by atoms with Crippen molar-refractivity contribution < 1.29 is 24.6 Å². The first-order valence-corrected chi connectivity index (χ1v) is 10.1. The van der Waals surface area contributed by atoms with E-state index in [0.717, 1.165) is 16.5 Å². The Morgan fingerprint density at radius 2 is 1.93 bits per heavy atom. The minimum atomic E-state index is -1.35. The van der Waals surface area contributed by atoms with Gasteiger partial charge >= 0.3 is 5.97 Å². The highest BCUT2D eigenvalue weighted by Crippen LogP contribution is 2.21. The molecule has 9 nitrogen and oxygen atoms in total. The highest BCUT2D eigenvalue weighted by atomic mass is 16.4. The number of aromatic amines is 1. The van der Waals surface area contributed by atoms with Gasteiger partial charge in [0.25, 0.3) is 0 Å². The molecule has 30 heavy (non-hydrogen) atoms. The fourth-order valence-electron chi connectivity index (χ4n) is 3.88. The highest BCUT2D eigenvalue weighted by molar-refractivity contribution is 5.87. The Hall–Kier alpha value is -2.91. The minimum absolute atomic E-state index is 0.161. The normalized spacial score (nSPS) is 18.0. The van der Waals surface area contributed by atoms with Crippen LogP contribution in [0.4, 0.5) is 0 Å². The van der Waals surface area contributed by atoms with Crippen molar-refractivity contribution >= 4 is 28.7 Å². The number of fused-ring (bicyclic) bond motifs is 1. The summed E-state index contributed by atoms with van der Waals surface area (Å²) < 4.78 is 0. The van der Waals surface area contributed by atoms with Gasteiger partial charge in [-0.1, -0.05) is 18.2 Å². The Labute approximate surface area is 174 Å². The van der Waals surface area contributed by atoms with Crippen LogP contribution in [0.2, 0.25) is 0 Å². The number of aliphatic carboxylic acids is 1. The van der Waals surface area contributed by atoms with E-state index < -0.39 is 36.0 Å². The summed E-state index contributed by atoms with van der Waals surface area (Å²) in [7, 11) is 0. The molecule has 2 heterocycles. The van der Waals surface area contributed by atoms with E-state index in [1.54, 1.807) is 4.90 Å². The number of nitrogens with two attached hydrogens (primary N) is 1. The molecule has 2 aromatic rings. The summed E-state index contributed by atoms with van der Waals surface area (Å²) in [4.78, 5) is 41.1. The van der Waals surface area contributed by atoms with E-state index in [2.05, 4.69) is 10.3 Å². The summed E-state index contributed by atoms with van der Waals surface area (Å²) in [5.41, 5.74) is 8.16. The van der Waals surface area contributed by atoms with Crippen molar-refractivity contribution in [1.29, 1.82) is 0 Å². The molecule has 1 fully saturated rings. The molecule has 0 bridgehead atoms. The van der Waals surface area contributed by atoms with Crippen LogP contribution in [0, 0.1) is 5.92 Å². The van der Waals surface area contributed by atoms with Gasteiger partial charge in [-0.25, -0.2) is 4.79 Å². The third-order valence-corrected chi connectivity index (χ3v) is 5.66. The smallest absolute Gasteiger partial charge is 0.328 e. The lowest BCUT2D eigenvalue weighted by Gasteiger charge is -2.33. The van der Waals surface area contributed by atoms with Crippen LogP contribution >= 0.6 is 0 Å². The minimum Gasteiger partial charge on any atom is -0.480 e. The zero-order chi connectivity index (χ0) is 21.8. The number of rotatable bonds is 7. The molecule has 1 saturated heterocycles. The Balaban J connectivity index is 1.53. The molecule has 6 N–H and O–H groups in total. The number of hydrogen-bond donors (Lipinski definition) is 5. The zero-order valence-corrected chi connectivity index (χ0v) is 16.9. The first kappa shape index (κ1) is 21.8. The van der Waals surface area contributed by atoms with Gasteiger partial charge in [-0.05, 0) is 37.8 Å². The van der Waals surface area contributed by atoms with Gasteiger partial charge in [-0.2, -0.15) is 0 Å². The summed E-state index contributed by atoms with van der Waals surface area (Å²) >= 11 is 0. The van der Waals surface area contributed by atoms with E-state index in [4.69, 9.17) is 10.8 Å². The number of nitrogens with one attached hydrogen (secondary N) is 2. The van der Waals surface area contributed by atoms with Crippen LogP contribution in [-0.2, 0) is 20.8 Å². The first-order chi connectivity index (χ1) is 14.3. The van der Waals surface area contributed by atoms with E-state index in [9.17, 15) is 19.5 Å². The molecule has 3 atom stereocenters. The van der Waals surface area contributed by atoms with Crippen LogP contribution < -0.4 is 11.1 Å². The van der Waals surface area contributed by atoms with Crippen LogP contribution in [0.15, 0.2) is 30.5 Å². The molecular weight excluding hydrogens is 388 g/mol. The molecule has 1 aromatic carbocycles. The Morgan fingerprint density at radius 1 is 1.27 bits per heavy atom. The maximum absolute atomic E-state index is 12.8. The second-order valence-corrected chi connectivity index (χ2v) is 7.83. The predicted octanol–water partition coefficient (Wildman–Crippen LogP) is 0.227. The Bertz CT molecular complexity index is 917. The maximum Gasteiger partial charge on any atom is 0.328 e. The Kier molecular flexibility index (Phi) is 6.73. The standard InChI is InChI=1S/C21H28N4O5/c1-12(26)18(21(29)30)24-19(27)13-6-8-25(9-7-13)20(28)16(22)10-14-11-23-17-5-3-2-4-15(14)17/h2-5,11-13,16,18,23,26H,6-10,22H2,1H3,(H,24,27)(H,29,30)/t12-,16-,18+/m0/s1. The molecule has 2 amide bonds. The van der Waals surface area contributed by atoms with Gasteiger partial charge in [0.05, 0.1) is 12.1 Å². The van der Waals surface area contributed by atoms with Crippen molar-refractivity contribution in [3.8, 4) is 0 Å². The predicted molar refractivity (Wildman–Crippen MR) is 111 cm³/mol. The molecule has 0 radical (unpaired) electrons. The van der Waals surface area contributed by atoms with Crippen LogP contribution in [-0.4, -0.2) is 69.2 Å². The van der Waals surface area contributed by atoms with Gasteiger partial charge in [0.2, 0.25) is 11.8 Å². The topological polar surface area (TPSA) is 149 Å².